The molecule has 2 aromatic rings. The third-order valence-corrected chi connectivity index (χ3v) is 5.14. The summed E-state index contributed by atoms with van der Waals surface area (Å²) < 4.78 is 32.1. The Balaban J connectivity index is 1.71. The van der Waals surface area contributed by atoms with Crippen LogP contribution in [0.5, 0.6) is 5.75 Å². The standard InChI is InChI=1S/C19H24N2O4S/c1-2-25-17-9-11-18(12-10-17)26(23,24)21-15-14-20-19(22)13-8-16-6-4-3-5-7-16/h3-7,9-12,21H,2,8,13-15H2,1H3,(H,20,22). The highest BCUT2D eigenvalue weighted by molar-refractivity contribution is 7.89. The van der Waals surface area contributed by atoms with Crippen molar-refractivity contribution in [2.45, 2.75) is 24.7 Å². The maximum absolute atomic E-state index is 12.2. The molecule has 0 aromatic heterocycles. The Kier molecular flexibility index (Phi) is 7.62. The number of carbonyl (C=O) groups excluding carboxylic acids is 1. The van der Waals surface area contributed by atoms with E-state index in [-0.39, 0.29) is 23.9 Å². The van der Waals surface area contributed by atoms with E-state index in [1.54, 1.807) is 12.1 Å². The van der Waals surface area contributed by atoms with Crippen LogP contribution in [-0.2, 0) is 21.2 Å². The van der Waals surface area contributed by atoms with Crippen molar-refractivity contribution in [2.75, 3.05) is 19.7 Å². The molecule has 0 saturated heterocycles. The zero-order valence-electron chi connectivity index (χ0n) is 14.8. The van der Waals surface area contributed by atoms with E-state index in [1.807, 2.05) is 37.3 Å². The molecule has 2 aromatic carbocycles. The number of carbonyl (C=O) groups is 1. The molecule has 0 bridgehead atoms. The van der Waals surface area contributed by atoms with Gasteiger partial charge in [-0.1, -0.05) is 30.3 Å². The van der Waals surface area contributed by atoms with E-state index in [1.165, 1.54) is 12.1 Å². The van der Waals surface area contributed by atoms with Crippen LogP contribution in [0.15, 0.2) is 59.5 Å². The van der Waals surface area contributed by atoms with Crippen molar-refractivity contribution >= 4 is 15.9 Å². The molecule has 26 heavy (non-hydrogen) atoms. The molecule has 0 atom stereocenters. The van der Waals surface area contributed by atoms with Crippen LogP contribution < -0.4 is 14.8 Å². The van der Waals surface area contributed by atoms with Crippen molar-refractivity contribution in [1.82, 2.24) is 10.0 Å². The fraction of sp³-hybridized carbons (Fsp3) is 0.316. The Morgan fingerprint density at radius 1 is 1.00 bits per heavy atom. The Morgan fingerprint density at radius 2 is 1.69 bits per heavy atom. The van der Waals surface area contributed by atoms with Gasteiger partial charge in [-0.15, -0.1) is 0 Å². The lowest BCUT2D eigenvalue weighted by Gasteiger charge is -2.09. The predicted molar refractivity (Wildman–Crippen MR) is 101 cm³/mol. The Hall–Kier alpha value is -2.38. The first-order valence-electron chi connectivity index (χ1n) is 8.54. The summed E-state index contributed by atoms with van der Waals surface area (Å²) in [6.45, 7) is 2.76. The zero-order valence-corrected chi connectivity index (χ0v) is 15.6. The van der Waals surface area contributed by atoms with E-state index in [0.29, 0.717) is 25.2 Å². The van der Waals surface area contributed by atoms with Gasteiger partial charge in [0, 0.05) is 19.5 Å². The van der Waals surface area contributed by atoms with Gasteiger partial charge in [0.05, 0.1) is 11.5 Å². The second-order valence-electron chi connectivity index (χ2n) is 5.64. The number of aryl methyl sites for hydroxylation is 1. The Bertz CT molecular complexity index is 790. The highest BCUT2D eigenvalue weighted by atomic mass is 32.2. The number of amides is 1. The quantitative estimate of drug-likeness (QED) is 0.622. The lowest BCUT2D eigenvalue weighted by Crippen LogP contribution is -2.34. The van der Waals surface area contributed by atoms with E-state index in [9.17, 15) is 13.2 Å². The van der Waals surface area contributed by atoms with Gasteiger partial charge in [0.15, 0.2) is 0 Å². The minimum Gasteiger partial charge on any atom is -0.494 e. The molecule has 0 saturated carbocycles. The molecule has 7 heteroatoms. The lowest BCUT2D eigenvalue weighted by atomic mass is 10.1. The summed E-state index contributed by atoms with van der Waals surface area (Å²) in [4.78, 5) is 12.0. The van der Waals surface area contributed by atoms with Gasteiger partial charge in [-0.25, -0.2) is 13.1 Å². The van der Waals surface area contributed by atoms with E-state index in [4.69, 9.17) is 4.74 Å². The van der Waals surface area contributed by atoms with E-state index in [0.717, 1.165) is 5.56 Å². The molecule has 0 unspecified atom stereocenters. The van der Waals surface area contributed by atoms with Crippen LogP contribution in [-0.4, -0.2) is 34.0 Å². The summed E-state index contributed by atoms with van der Waals surface area (Å²) in [6, 6.07) is 16.0. The summed E-state index contributed by atoms with van der Waals surface area (Å²) in [5.41, 5.74) is 1.10. The summed E-state index contributed by atoms with van der Waals surface area (Å²) >= 11 is 0. The summed E-state index contributed by atoms with van der Waals surface area (Å²) in [7, 11) is -3.60. The van der Waals surface area contributed by atoms with Gasteiger partial charge in [0.25, 0.3) is 0 Å². The van der Waals surface area contributed by atoms with Gasteiger partial charge >= 0.3 is 0 Å². The molecule has 6 nitrogen and oxygen atoms in total. The molecule has 0 aliphatic rings. The fourth-order valence-corrected chi connectivity index (χ4v) is 3.38. The number of nitrogens with one attached hydrogen (secondary N) is 2. The number of benzene rings is 2. The maximum Gasteiger partial charge on any atom is 0.240 e. The minimum atomic E-state index is -3.60. The third kappa shape index (κ3) is 6.50. The van der Waals surface area contributed by atoms with Crippen LogP contribution in [0.1, 0.15) is 18.9 Å². The van der Waals surface area contributed by atoms with Crippen molar-refractivity contribution in [2.24, 2.45) is 0 Å². The average molecular weight is 376 g/mol. The maximum atomic E-state index is 12.2. The summed E-state index contributed by atoms with van der Waals surface area (Å²) in [5.74, 6) is 0.520. The average Bonchev–Trinajstić information content (AvgIpc) is 2.65. The van der Waals surface area contributed by atoms with Crippen LogP contribution in [0, 0.1) is 0 Å². The first-order chi connectivity index (χ1) is 12.5. The topological polar surface area (TPSA) is 84.5 Å². The molecule has 0 spiro atoms. The van der Waals surface area contributed by atoms with Crippen LogP contribution in [0.4, 0.5) is 0 Å². The summed E-state index contributed by atoms with van der Waals surface area (Å²) in [6.07, 6.45) is 1.03. The molecule has 1 amide bonds. The van der Waals surface area contributed by atoms with Gasteiger partial charge in [-0.3, -0.25) is 4.79 Å². The minimum absolute atomic E-state index is 0.103. The van der Waals surface area contributed by atoms with E-state index in [2.05, 4.69) is 10.0 Å². The largest absolute Gasteiger partial charge is 0.494 e. The van der Waals surface area contributed by atoms with Gasteiger partial charge in [0.1, 0.15) is 5.75 Å². The molecular weight excluding hydrogens is 352 g/mol. The van der Waals surface area contributed by atoms with Gasteiger partial charge in [-0.05, 0) is 43.2 Å². The second kappa shape index (κ2) is 9.94. The number of ether oxygens (including phenoxy) is 1. The zero-order chi connectivity index (χ0) is 18.8. The van der Waals surface area contributed by atoms with Crippen molar-refractivity contribution in [3.8, 4) is 5.75 Å². The summed E-state index contributed by atoms with van der Waals surface area (Å²) in [5, 5.41) is 2.72. The van der Waals surface area contributed by atoms with Crippen molar-refractivity contribution in [3.05, 3.63) is 60.2 Å². The second-order valence-corrected chi connectivity index (χ2v) is 7.40. The highest BCUT2D eigenvalue weighted by Gasteiger charge is 2.13. The Labute approximate surface area is 154 Å². The van der Waals surface area contributed by atoms with Gasteiger partial charge < -0.3 is 10.1 Å². The number of hydrogen-bond acceptors (Lipinski definition) is 4. The van der Waals surface area contributed by atoms with Crippen molar-refractivity contribution in [3.63, 3.8) is 0 Å². The lowest BCUT2D eigenvalue weighted by molar-refractivity contribution is -0.121. The fourth-order valence-electron chi connectivity index (χ4n) is 2.34. The van der Waals surface area contributed by atoms with Crippen LogP contribution >= 0.6 is 0 Å². The van der Waals surface area contributed by atoms with Crippen LogP contribution in [0.3, 0.4) is 0 Å². The molecule has 2 rings (SSSR count). The van der Waals surface area contributed by atoms with Crippen LogP contribution in [0.2, 0.25) is 0 Å². The molecule has 0 aliphatic carbocycles. The van der Waals surface area contributed by atoms with Crippen molar-refractivity contribution in [1.29, 1.82) is 0 Å². The molecular formula is C19H24N2O4S. The smallest absolute Gasteiger partial charge is 0.240 e. The number of hydrogen-bond donors (Lipinski definition) is 2. The highest BCUT2D eigenvalue weighted by Crippen LogP contribution is 2.15. The van der Waals surface area contributed by atoms with Crippen LogP contribution in [0.25, 0.3) is 0 Å². The van der Waals surface area contributed by atoms with Gasteiger partial charge in [0.2, 0.25) is 15.9 Å². The van der Waals surface area contributed by atoms with Gasteiger partial charge in [-0.2, -0.15) is 0 Å². The molecule has 0 radical (unpaired) electrons. The predicted octanol–water partition coefficient (Wildman–Crippen LogP) is 2.11. The number of rotatable bonds is 10. The first kappa shape index (κ1) is 19.9. The Morgan fingerprint density at radius 3 is 2.35 bits per heavy atom. The third-order valence-electron chi connectivity index (χ3n) is 3.67. The molecule has 0 heterocycles. The van der Waals surface area contributed by atoms with Crippen molar-refractivity contribution < 1.29 is 17.9 Å². The normalized spacial score (nSPS) is 11.1. The molecule has 0 fully saturated rings. The van der Waals surface area contributed by atoms with E-state index >= 15 is 0 Å². The first-order valence-corrected chi connectivity index (χ1v) is 10.0. The monoisotopic (exact) mass is 376 g/mol. The van der Waals surface area contributed by atoms with E-state index < -0.39 is 10.0 Å². The molecule has 2 N–H and O–H groups in total. The molecule has 140 valence electrons. The SMILES string of the molecule is CCOc1ccc(S(=O)(=O)NCCNC(=O)CCc2ccccc2)cc1. The number of sulfonamides is 1. The molecule has 0 aliphatic heterocycles.